The van der Waals surface area contributed by atoms with Crippen molar-refractivity contribution in [3.63, 3.8) is 0 Å². The summed E-state index contributed by atoms with van der Waals surface area (Å²) in [6.07, 6.45) is 3.28. The van der Waals surface area contributed by atoms with Crippen LogP contribution in [-0.4, -0.2) is 25.5 Å². The molecule has 1 N–H and O–H groups in total. The van der Waals surface area contributed by atoms with Gasteiger partial charge in [0.2, 0.25) is 0 Å². The largest absolute Gasteiger partial charge is 0.305 e. The van der Waals surface area contributed by atoms with Crippen LogP contribution in [0.15, 0.2) is 36.7 Å². The highest BCUT2D eigenvalue weighted by atomic mass is 127. The molecule has 3 heterocycles. The van der Waals surface area contributed by atoms with Crippen LogP contribution in [0.4, 0.5) is 5.82 Å². The topological polar surface area (TPSA) is 72.2 Å². The summed E-state index contributed by atoms with van der Waals surface area (Å²) in [5.41, 5.74) is 2.08. The molecule has 0 atom stereocenters. The van der Waals surface area contributed by atoms with E-state index in [2.05, 4.69) is 63.7 Å². The highest BCUT2D eigenvalue weighted by Gasteiger charge is 2.16. The summed E-state index contributed by atoms with van der Waals surface area (Å²) in [6, 6.07) is 7.37. The van der Waals surface area contributed by atoms with Crippen molar-refractivity contribution in [1.82, 2.24) is 19.6 Å². The fraction of sp³-hybridized carbons (Fsp3) is 0.250. The lowest BCUT2D eigenvalue weighted by Crippen LogP contribution is -2.16. The Morgan fingerprint density at radius 2 is 2.00 bits per heavy atom. The van der Waals surface area contributed by atoms with E-state index >= 15 is 0 Å². The van der Waals surface area contributed by atoms with Gasteiger partial charge in [-0.2, -0.15) is 5.10 Å². The molecular weight excluding hydrogens is 405 g/mol. The second-order valence-corrected chi connectivity index (χ2v) is 7.33. The third-order valence-electron chi connectivity index (χ3n) is 3.32. The second-order valence-electron chi connectivity index (χ2n) is 6.22. The maximum absolute atomic E-state index is 12.3. The van der Waals surface area contributed by atoms with E-state index in [0.29, 0.717) is 17.0 Å². The summed E-state index contributed by atoms with van der Waals surface area (Å²) in [6.45, 7) is 6.25. The van der Waals surface area contributed by atoms with Crippen molar-refractivity contribution < 1.29 is 4.79 Å². The highest BCUT2D eigenvalue weighted by Crippen LogP contribution is 2.20. The molecule has 3 aromatic rings. The smallest absolute Gasteiger partial charge is 0.258 e. The number of carbonyl (C=O) groups excluding carboxylic acids is 1. The summed E-state index contributed by atoms with van der Waals surface area (Å²) in [5, 5.41) is 7.06. The molecule has 0 aromatic carbocycles. The Morgan fingerprint density at radius 1 is 1.22 bits per heavy atom. The van der Waals surface area contributed by atoms with Gasteiger partial charge in [-0.05, 0) is 46.9 Å². The third-order valence-corrected chi connectivity index (χ3v) is 3.90. The zero-order valence-corrected chi connectivity index (χ0v) is 15.2. The molecule has 0 saturated carbocycles. The van der Waals surface area contributed by atoms with E-state index in [1.807, 2.05) is 18.2 Å². The van der Waals surface area contributed by atoms with Gasteiger partial charge in [-0.1, -0.05) is 20.8 Å². The predicted octanol–water partition coefficient (Wildman–Crippen LogP) is 3.28. The number of hydrogen-bond acceptors (Lipinski definition) is 4. The Kier molecular flexibility index (Phi) is 4.05. The third kappa shape index (κ3) is 3.49. The first-order chi connectivity index (χ1) is 10.8. The van der Waals surface area contributed by atoms with Gasteiger partial charge in [-0.15, -0.1) is 0 Å². The number of imidazole rings is 1. The molecule has 3 rings (SSSR count). The summed E-state index contributed by atoms with van der Waals surface area (Å²) in [5.74, 6) is 0.223. The van der Waals surface area contributed by atoms with Crippen LogP contribution >= 0.6 is 22.6 Å². The average molecular weight is 421 g/mol. The van der Waals surface area contributed by atoms with Crippen molar-refractivity contribution in [2.75, 3.05) is 5.32 Å². The van der Waals surface area contributed by atoms with E-state index in [9.17, 15) is 4.79 Å². The van der Waals surface area contributed by atoms with Gasteiger partial charge in [0.25, 0.3) is 5.91 Å². The van der Waals surface area contributed by atoms with E-state index < -0.39 is 0 Å². The second kappa shape index (κ2) is 5.88. The molecule has 6 nitrogen and oxygen atoms in total. The minimum atomic E-state index is -0.240. The number of nitrogens with zero attached hydrogens (tertiary/aromatic N) is 4. The Balaban J connectivity index is 1.80. The number of carbonyl (C=O) groups is 1. The zero-order valence-electron chi connectivity index (χ0n) is 13.0. The van der Waals surface area contributed by atoms with Crippen LogP contribution in [0.25, 0.3) is 5.65 Å². The molecule has 0 aliphatic heterocycles. The van der Waals surface area contributed by atoms with Crippen molar-refractivity contribution in [1.29, 1.82) is 0 Å². The minimum Gasteiger partial charge on any atom is -0.305 e. The molecule has 23 heavy (non-hydrogen) atoms. The number of hydrogen-bond donors (Lipinski definition) is 1. The van der Waals surface area contributed by atoms with Gasteiger partial charge in [0.05, 0.1) is 11.8 Å². The molecule has 0 unspecified atom stereocenters. The van der Waals surface area contributed by atoms with E-state index in [1.54, 1.807) is 23.0 Å². The van der Waals surface area contributed by atoms with Gasteiger partial charge in [-0.25, -0.2) is 9.50 Å². The van der Waals surface area contributed by atoms with Gasteiger partial charge in [0, 0.05) is 17.3 Å². The van der Waals surface area contributed by atoms with Gasteiger partial charge >= 0.3 is 0 Å². The minimum absolute atomic E-state index is 0.0422. The van der Waals surface area contributed by atoms with E-state index in [1.165, 1.54) is 0 Å². The molecule has 0 aliphatic rings. The zero-order chi connectivity index (χ0) is 16.6. The van der Waals surface area contributed by atoms with Crippen LogP contribution in [0, 0.1) is 3.70 Å². The SMILES string of the molecule is CC(C)(C)c1ccc(C(=O)Nc2cn3nc(I)ccc3n2)cn1. The van der Waals surface area contributed by atoms with Crippen LogP contribution in [-0.2, 0) is 5.41 Å². The molecule has 0 saturated heterocycles. The van der Waals surface area contributed by atoms with Gasteiger partial charge < -0.3 is 5.32 Å². The quantitative estimate of drug-likeness (QED) is 0.645. The van der Waals surface area contributed by atoms with E-state index in [4.69, 9.17) is 0 Å². The maximum atomic E-state index is 12.3. The fourth-order valence-corrected chi connectivity index (χ4v) is 2.49. The van der Waals surface area contributed by atoms with Crippen molar-refractivity contribution in [3.8, 4) is 0 Å². The molecule has 1 amide bonds. The fourth-order valence-electron chi connectivity index (χ4n) is 2.08. The monoisotopic (exact) mass is 421 g/mol. The number of nitrogens with one attached hydrogen (secondary N) is 1. The van der Waals surface area contributed by atoms with Crippen LogP contribution in [0.2, 0.25) is 0 Å². The molecular formula is C16H16IN5O. The first-order valence-electron chi connectivity index (χ1n) is 7.13. The molecule has 0 fully saturated rings. The number of rotatable bonds is 2. The van der Waals surface area contributed by atoms with Gasteiger partial charge in [0.1, 0.15) is 3.70 Å². The number of halogens is 1. The van der Waals surface area contributed by atoms with Crippen LogP contribution in [0.1, 0.15) is 36.8 Å². The van der Waals surface area contributed by atoms with Crippen molar-refractivity contribution in [2.45, 2.75) is 26.2 Å². The van der Waals surface area contributed by atoms with E-state index in [-0.39, 0.29) is 11.3 Å². The number of pyridine rings is 1. The molecule has 0 radical (unpaired) electrons. The summed E-state index contributed by atoms with van der Waals surface area (Å²) in [4.78, 5) is 21.0. The average Bonchev–Trinajstić information content (AvgIpc) is 2.87. The van der Waals surface area contributed by atoms with Crippen LogP contribution in [0.5, 0.6) is 0 Å². The van der Waals surface area contributed by atoms with E-state index in [0.717, 1.165) is 9.39 Å². The first kappa shape index (κ1) is 15.9. The summed E-state index contributed by atoms with van der Waals surface area (Å²) >= 11 is 2.13. The summed E-state index contributed by atoms with van der Waals surface area (Å²) in [7, 11) is 0. The Morgan fingerprint density at radius 3 is 2.65 bits per heavy atom. The van der Waals surface area contributed by atoms with Crippen molar-refractivity contribution in [3.05, 3.63) is 51.6 Å². The van der Waals surface area contributed by atoms with Gasteiger partial charge in [0.15, 0.2) is 11.5 Å². The Hall–Kier alpha value is -2.03. The molecule has 7 heteroatoms. The number of fused-ring (bicyclic) bond motifs is 1. The highest BCUT2D eigenvalue weighted by molar-refractivity contribution is 14.1. The summed E-state index contributed by atoms with van der Waals surface area (Å²) < 4.78 is 2.49. The maximum Gasteiger partial charge on any atom is 0.258 e. The Labute approximate surface area is 147 Å². The molecule has 0 bridgehead atoms. The number of anilines is 1. The predicted molar refractivity (Wildman–Crippen MR) is 96.6 cm³/mol. The molecule has 0 spiro atoms. The van der Waals surface area contributed by atoms with Crippen molar-refractivity contribution in [2.24, 2.45) is 0 Å². The standard InChI is InChI=1S/C16H16IN5O/c1-16(2,3)11-5-4-10(8-18-11)15(23)20-13-9-22-14(19-13)7-6-12(17)21-22/h4-9H,1-3H3,(H,20,23). The van der Waals surface area contributed by atoms with Crippen LogP contribution in [0.3, 0.4) is 0 Å². The lowest BCUT2D eigenvalue weighted by Gasteiger charge is -2.17. The molecule has 3 aromatic heterocycles. The van der Waals surface area contributed by atoms with Gasteiger partial charge in [-0.3, -0.25) is 9.78 Å². The number of aromatic nitrogens is 4. The number of amides is 1. The van der Waals surface area contributed by atoms with Crippen molar-refractivity contribution >= 4 is 40.0 Å². The lowest BCUT2D eigenvalue weighted by atomic mass is 9.91. The molecule has 0 aliphatic carbocycles. The Bertz CT molecular complexity index is 864. The molecule has 118 valence electrons. The lowest BCUT2D eigenvalue weighted by molar-refractivity contribution is 0.102. The van der Waals surface area contributed by atoms with Crippen LogP contribution < -0.4 is 5.32 Å². The normalized spacial score (nSPS) is 11.7. The first-order valence-corrected chi connectivity index (χ1v) is 8.21.